The van der Waals surface area contributed by atoms with Gasteiger partial charge in [0.25, 0.3) is 5.56 Å². The van der Waals surface area contributed by atoms with Gasteiger partial charge in [0, 0.05) is 13.6 Å². The summed E-state index contributed by atoms with van der Waals surface area (Å²) in [4.78, 5) is 19.3. The van der Waals surface area contributed by atoms with Crippen LogP contribution in [0.4, 0.5) is 5.82 Å². The molecule has 1 rings (SSSR count). The summed E-state index contributed by atoms with van der Waals surface area (Å²) in [5.41, 5.74) is -0.331. The number of hydrogen-bond donors (Lipinski definition) is 2. The van der Waals surface area contributed by atoms with Crippen molar-refractivity contribution in [1.82, 2.24) is 9.97 Å². The molecule has 78 valence electrons. The standard InChI is InChI=1S/C8H13N3O3/c1-11(3-4-12)7-6(14-2)8(13)10-5-9-7/h5,12H,3-4H2,1-2H3,(H,9,10,13). The number of aliphatic hydroxyl groups is 1. The quantitative estimate of drug-likeness (QED) is 0.664. The molecule has 0 spiro atoms. The van der Waals surface area contributed by atoms with E-state index < -0.39 is 0 Å². The summed E-state index contributed by atoms with van der Waals surface area (Å²) in [7, 11) is 3.13. The molecule has 1 aromatic rings. The minimum absolute atomic E-state index is 0.00582. The van der Waals surface area contributed by atoms with Crippen LogP contribution in [0.5, 0.6) is 5.75 Å². The van der Waals surface area contributed by atoms with Crippen molar-refractivity contribution in [2.24, 2.45) is 0 Å². The van der Waals surface area contributed by atoms with E-state index in [1.54, 1.807) is 11.9 Å². The van der Waals surface area contributed by atoms with Crippen molar-refractivity contribution >= 4 is 5.82 Å². The summed E-state index contributed by atoms with van der Waals surface area (Å²) in [5, 5.41) is 8.73. The molecule has 6 nitrogen and oxygen atoms in total. The minimum atomic E-state index is -0.331. The maximum absolute atomic E-state index is 11.3. The third kappa shape index (κ3) is 2.02. The summed E-state index contributed by atoms with van der Waals surface area (Å²) in [6, 6.07) is 0. The molecule has 6 heteroatoms. The molecule has 0 atom stereocenters. The molecular formula is C8H13N3O3. The first kappa shape index (κ1) is 10.5. The third-order valence-electron chi connectivity index (χ3n) is 1.79. The molecule has 0 amide bonds. The Bertz CT molecular complexity index is 350. The van der Waals surface area contributed by atoms with Crippen molar-refractivity contribution in [3.63, 3.8) is 0 Å². The molecule has 0 aromatic carbocycles. The van der Waals surface area contributed by atoms with Gasteiger partial charge in [-0.3, -0.25) is 4.79 Å². The van der Waals surface area contributed by atoms with Crippen molar-refractivity contribution in [3.8, 4) is 5.75 Å². The van der Waals surface area contributed by atoms with Gasteiger partial charge >= 0.3 is 0 Å². The highest BCUT2D eigenvalue weighted by atomic mass is 16.5. The Kier molecular flexibility index (Phi) is 3.47. The Morgan fingerprint density at radius 1 is 1.71 bits per heavy atom. The largest absolute Gasteiger partial charge is 0.489 e. The second-order valence-electron chi connectivity index (χ2n) is 2.73. The average Bonchev–Trinajstić information content (AvgIpc) is 2.17. The topological polar surface area (TPSA) is 78.5 Å². The van der Waals surface area contributed by atoms with E-state index in [1.165, 1.54) is 13.4 Å². The number of nitrogens with one attached hydrogen (secondary N) is 1. The number of aromatic amines is 1. The Balaban J connectivity index is 3.07. The minimum Gasteiger partial charge on any atom is -0.489 e. The lowest BCUT2D eigenvalue weighted by atomic mass is 10.4. The van der Waals surface area contributed by atoms with E-state index in [0.717, 1.165) is 0 Å². The van der Waals surface area contributed by atoms with Gasteiger partial charge < -0.3 is 19.7 Å². The van der Waals surface area contributed by atoms with E-state index in [-0.39, 0.29) is 17.9 Å². The monoisotopic (exact) mass is 199 g/mol. The van der Waals surface area contributed by atoms with Crippen LogP contribution in [-0.4, -0.2) is 42.4 Å². The van der Waals surface area contributed by atoms with Crippen molar-refractivity contribution in [2.45, 2.75) is 0 Å². The van der Waals surface area contributed by atoms with Crippen molar-refractivity contribution < 1.29 is 9.84 Å². The van der Waals surface area contributed by atoms with E-state index >= 15 is 0 Å². The fourth-order valence-electron chi connectivity index (χ4n) is 1.09. The van der Waals surface area contributed by atoms with E-state index in [2.05, 4.69) is 9.97 Å². The highest BCUT2D eigenvalue weighted by Gasteiger charge is 2.12. The van der Waals surface area contributed by atoms with E-state index in [0.29, 0.717) is 12.4 Å². The fraction of sp³-hybridized carbons (Fsp3) is 0.500. The normalized spacial score (nSPS) is 9.93. The lowest BCUT2D eigenvalue weighted by Gasteiger charge is -2.17. The highest BCUT2D eigenvalue weighted by molar-refractivity contribution is 5.49. The Labute approximate surface area is 81.2 Å². The molecule has 0 unspecified atom stereocenters. The summed E-state index contributed by atoms with van der Waals surface area (Å²) in [5.74, 6) is 0.578. The van der Waals surface area contributed by atoms with Crippen LogP contribution in [0, 0.1) is 0 Å². The van der Waals surface area contributed by atoms with E-state index in [4.69, 9.17) is 9.84 Å². The Morgan fingerprint density at radius 3 is 3.00 bits per heavy atom. The molecule has 0 bridgehead atoms. The van der Waals surface area contributed by atoms with Crippen LogP contribution in [0.2, 0.25) is 0 Å². The first-order valence-corrected chi connectivity index (χ1v) is 4.14. The summed E-state index contributed by atoms with van der Waals surface area (Å²) in [6.45, 7) is 0.390. The van der Waals surface area contributed by atoms with Gasteiger partial charge in [-0.1, -0.05) is 0 Å². The predicted molar refractivity (Wildman–Crippen MR) is 51.8 cm³/mol. The second kappa shape index (κ2) is 4.61. The van der Waals surface area contributed by atoms with Crippen molar-refractivity contribution in [1.29, 1.82) is 0 Å². The maximum atomic E-state index is 11.3. The Hall–Kier alpha value is -1.56. The van der Waals surface area contributed by atoms with E-state index in [1.807, 2.05) is 0 Å². The highest BCUT2D eigenvalue weighted by Crippen LogP contribution is 2.17. The van der Waals surface area contributed by atoms with Gasteiger partial charge in [-0.05, 0) is 0 Å². The molecule has 1 heterocycles. The summed E-state index contributed by atoms with van der Waals surface area (Å²) in [6.07, 6.45) is 1.30. The van der Waals surface area contributed by atoms with Gasteiger partial charge in [-0.2, -0.15) is 0 Å². The molecule has 14 heavy (non-hydrogen) atoms. The smallest absolute Gasteiger partial charge is 0.295 e. The molecule has 1 aromatic heterocycles. The molecule has 0 aliphatic carbocycles. The Morgan fingerprint density at radius 2 is 2.43 bits per heavy atom. The molecule has 0 saturated carbocycles. The van der Waals surface area contributed by atoms with Gasteiger partial charge in [0.15, 0.2) is 5.82 Å². The zero-order chi connectivity index (χ0) is 10.6. The number of anilines is 1. The van der Waals surface area contributed by atoms with Gasteiger partial charge in [-0.25, -0.2) is 4.98 Å². The molecule has 0 fully saturated rings. The number of ether oxygens (including phenoxy) is 1. The van der Waals surface area contributed by atoms with Crippen LogP contribution >= 0.6 is 0 Å². The SMILES string of the molecule is COc1c(N(C)CCO)nc[nH]c1=O. The molecule has 0 aliphatic rings. The second-order valence-corrected chi connectivity index (χ2v) is 2.73. The van der Waals surface area contributed by atoms with Crippen LogP contribution in [0.15, 0.2) is 11.1 Å². The fourth-order valence-corrected chi connectivity index (χ4v) is 1.09. The predicted octanol–water partition coefficient (Wildman–Crippen LogP) is -0.793. The van der Waals surface area contributed by atoms with Gasteiger partial charge in [0.05, 0.1) is 20.0 Å². The van der Waals surface area contributed by atoms with Crippen molar-refractivity contribution in [3.05, 3.63) is 16.7 Å². The maximum Gasteiger partial charge on any atom is 0.295 e. The third-order valence-corrected chi connectivity index (χ3v) is 1.79. The lowest BCUT2D eigenvalue weighted by Crippen LogP contribution is -2.25. The van der Waals surface area contributed by atoms with Gasteiger partial charge in [-0.15, -0.1) is 0 Å². The van der Waals surface area contributed by atoms with Gasteiger partial charge in [0.1, 0.15) is 0 Å². The number of likely N-dealkylation sites (N-methyl/N-ethyl adjacent to an activating group) is 1. The number of rotatable bonds is 4. The first-order valence-electron chi connectivity index (χ1n) is 4.14. The number of aliphatic hydroxyl groups excluding tert-OH is 1. The number of nitrogens with zero attached hydrogens (tertiary/aromatic N) is 2. The van der Waals surface area contributed by atoms with E-state index in [9.17, 15) is 4.79 Å². The summed E-state index contributed by atoms with van der Waals surface area (Å²) >= 11 is 0. The molecule has 2 N–H and O–H groups in total. The summed E-state index contributed by atoms with van der Waals surface area (Å²) < 4.78 is 4.91. The zero-order valence-corrected chi connectivity index (χ0v) is 8.15. The van der Waals surface area contributed by atoms with Crippen LogP contribution in [0.3, 0.4) is 0 Å². The molecule has 0 aliphatic heterocycles. The van der Waals surface area contributed by atoms with Crippen molar-refractivity contribution in [2.75, 3.05) is 32.2 Å². The zero-order valence-electron chi connectivity index (χ0n) is 8.15. The van der Waals surface area contributed by atoms with Crippen LogP contribution in [0.25, 0.3) is 0 Å². The van der Waals surface area contributed by atoms with Crippen LogP contribution in [-0.2, 0) is 0 Å². The van der Waals surface area contributed by atoms with Gasteiger partial charge in [0.2, 0.25) is 5.75 Å². The first-order chi connectivity index (χ1) is 6.70. The van der Waals surface area contributed by atoms with Crippen LogP contribution < -0.4 is 15.2 Å². The lowest BCUT2D eigenvalue weighted by molar-refractivity contribution is 0.303. The molecule has 0 saturated heterocycles. The number of methoxy groups -OCH3 is 1. The molecule has 0 radical (unpaired) electrons. The number of H-pyrrole nitrogens is 1. The number of hydrogen-bond acceptors (Lipinski definition) is 5. The molecular weight excluding hydrogens is 186 g/mol. The number of aromatic nitrogens is 2. The average molecular weight is 199 g/mol. The van der Waals surface area contributed by atoms with Crippen LogP contribution in [0.1, 0.15) is 0 Å².